The molecule has 0 amide bonds. The van der Waals surface area contributed by atoms with Crippen LogP contribution in [0.25, 0.3) is 11.0 Å². The van der Waals surface area contributed by atoms with Crippen molar-refractivity contribution < 1.29 is 0 Å². The minimum Gasteiger partial charge on any atom is -0.346 e. The molecule has 2 aliphatic heterocycles. The van der Waals surface area contributed by atoms with Crippen LogP contribution < -0.4 is 10.6 Å². The first-order valence-electron chi connectivity index (χ1n) is 10.0. The Labute approximate surface area is 160 Å². The van der Waals surface area contributed by atoms with Gasteiger partial charge in [0, 0.05) is 30.4 Å². The van der Waals surface area contributed by atoms with E-state index in [2.05, 4.69) is 64.1 Å². The van der Waals surface area contributed by atoms with Gasteiger partial charge in [-0.1, -0.05) is 6.07 Å². The van der Waals surface area contributed by atoms with E-state index in [0.29, 0.717) is 5.92 Å². The van der Waals surface area contributed by atoms with Crippen molar-refractivity contribution in [1.29, 1.82) is 0 Å². The normalized spacial score (nSPS) is 18.6. The van der Waals surface area contributed by atoms with E-state index in [1.807, 2.05) is 0 Å². The topological polar surface area (TPSA) is 56.0 Å². The Morgan fingerprint density at radius 2 is 2.00 bits per heavy atom. The van der Waals surface area contributed by atoms with Gasteiger partial charge in [-0.3, -0.25) is 0 Å². The van der Waals surface area contributed by atoms with Crippen molar-refractivity contribution in [3.63, 3.8) is 0 Å². The number of fused-ring (bicyclic) bond motifs is 2. The Bertz CT molecular complexity index is 954. The van der Waals surface area contributed by atoms with Gasteiger partial charge >= 0.3 is 0 Å². The molecule has 0 spiro atoms. The molecule has 2 aliphatic rings. The first kappa shape index (κ1) is 16.8. The number of nitrogens with zero attached hydrogens (tertiary/aromatic N) is 2. The van der Waals surface area contributed by atoms with Gasteiger partial charge in [-0.15, -0.1) is 0 Å². The van der Waals surface area contributed by atoms with E-state index < -0.39 is 0 Å². The first-order chi connectivity index (χ1) is 13.3. The minimum atomic E-state index is 0.637. The van der Waals surface area contributed by atoms with Gasteiger partial charge in [0.1, 0.15) is 11.5 Å². The van der Waals surface area contributed by atoms with Crippen LogP contribution in [0.15, 0.2) is 36.5 Å². The van der Waals surface area contributed by atoms with Crippen LogP contribution in [0, 0.1) is 0 Å². The van der Waals surface area contributed by atoms with E-state index in [-0.39, 0.29) is 0 Å². The highest BCUT2D eigenvalue weighted by Gasteiger charge is 2.19. The molecule has 0 aliphatic carbocycles. The number of likely N-dealkylation sites (N-methyl/N-ethyl adjacent to an activating group) is 1. The number of hydrogen-bond acceptors (Lipinski definition) is 4. The Kier molecular flexibility index (Phi) is 4.34. The van der Waals surface area contributed by atoms with Crippen molar-refractivity contribution in [2.24, 2.45) is 0 Å². The summed E-state index contributed by atoms with van der Waals surface area (Å²) in [6, 6.07) is 11.0. The summed E-state index contributed by atoms with van der Waals surface area (Å²) in [5.41, 5.74) is 6.40. The van der Waals surface area contributed by atoms with Crippen LogP contribution >= 0.6 is 0 Å². The lowest BCUT2D eigenvalue weighted by Gasteiger charge is -2.25. The molecule has 1 aromatic carbocycles. The van der Waals surface area contributed by atoms with Crippen LogP contribution in [0.2, 0.25) is 0 Å². The van der Waals surface area contributed by atoms with Crippen molar-refractivity contribution in [2.45, 2.75) is 31.7 Å². The van der Waals surface area contributed by atoms with Crippen molar-refractivity contribution in [3.05, 3.63) is 53.2 Å². The number of H-pyrrole nitrogens is 1. The summed E-state index contributed by atoms with van der Waals surface area (Å²) in [4.78, 5) is 10.6. The molecule has 0 saturated carbocycles. The van der Waals surface area contributed by atoms with Gasteiger partial charge in [-0.05, 0) is 86.3 Å². The Balaban J connectivity index is 1.39. The zero-order chi connectivity index (χ0) is 18.2. The molecule has 1 saturated heterocycles. The number of pyridine rings is 1. The molecule has 5 nitrogen and oxygen atoms in total. The van der Waals surface area contributed by atoms with Crippen molar-refractivity contribution in [1.82, 2.24) is 20.2 Å². The zero-order valence-electron chi connectivity index (χ0n) is 15.9. The Hall–Kier alpha value is -2.37. The monoisotopic (exact) mass is 361 g/mol. The van der Waals surface area contributed by atoms with E-state index in [9.17, 15) is 0 Å². The van der Waals surface area contributed by atoms with Gasteiger partial charge in [-0.25, -0.2) is 4.98 Å². The lowest BCUT2D eigenvalue weighted by molar-refractivity contribution is 0.313. The van der Waals surface area contributed by atoms with Crippen LogP contribution in [-0.4, -0.2) is 41.5 Å². The van der Waals surface area contributed by atoms with Gasteiger partial charge in [0.05, 0.1) is 0 Å². The van der Waals surface area contributed by atoms with E-state index >= 15 is 0 Å². The predicted octanol–water partition coefficient (Wildman–Crippen LogP) is 3.76. The fraction of sp³-hybridized carbons (Fsp3) is 0.409. The number of aromatic nitrogens is 2. The molecule has 0 unspecified atom stereocenters. The Morgan fingerprint density at radius 1 is 1.11 bits per heavy atom. The van der Waals surface area contributed by atoms with Gasteiger partial charge in [-0.2, -0.15) is 0 Å². The van der Waals surface area contributed by atoms with Crippen LogP contribution in [0.4, 0.5) is 11.5 Å². The summed E-state index contributed by atoms with van der Waals surface area (Å²) in [6.45, 7) is 4.38. The predicted molar refractivity (Wildman–Crippen MR) is 111 cm³/mol. The van der Waals surface area contributed by atoms with Gasteiger partial charge in [0.15, 0.2) is 0 Å². The maximum atomic E-state index is 4.82. The van der Waals surface area contributed by atoms with Crippen LogP contribution in [0.1, 0.15) is 35.4 Å². The minimum absolute atomic E-state index is 0.637. The highest BCUT2D eigenvalue weighted by atomic mass is 15.1. The van der Waals surface area contributed by atoms with Crippen molar-refractivity contribution in [3.8, 4) is 0 Å². The van der Waals surface area contributed by atoms with Gasteiger partial charge in [0.2, 0.25) is 0 Å². The number of nitrogens with one attached hydrogen (secondary N) is 3. The molecule has 3 N–H and O–H groups in total. The number of aromatic amines is 1. The molecule has 0 atom stereocenters. The van der Waals surface area contributed by atoms with Crippen LogP contribution in [-0.2, 0) is 13.0 Å². The summed E-state index contributed by atoms with van der Waals surface area (Å²) in [7, 11) is 2.18. The number of rotatable bonds is 3. The fourth-order valence-electron chi connectivity index (χ4n) is 4.49. The first-order valence-corrected chi connectivity index (χ1v) is 10.0. The molecule has 5 heteroatoms. The molecule has 0 bridgehead atoms. The summed E-state index contributed by atoms with van der Waals surface area (Å²) >= 11 is 0. The SMILES string of the molecule is CN1CCc2ccc(Nc3ccc4c(C5CCNCC5)c[nH]c4n3)cc2C1. The highest BCUT2D eigenvalue weighted by molar-refractivity contribution is 5.82. The number of benzene rings is 1. The molecule has 0 radical (unpaired) electrons. The highest BCUT2D eigenvalue weighted by Crippen LogP contribution is 2.32. The molecule has 1 fully saturated rings. The van der Waals surface area contributed by atoms with Crippen LogP contribution in [0.3, 0.4) is 0 Å². The maximum Gasteiger partial charge on any atom is 0.140 e. The second-order valence-corrected chi connectivity index (χ2v) is 7.96. The summed E-state index contributed by atoms with van der Waals surface area (Å²) in [5.74, 6) is 1.53. The van der Waals surface area contributed by atoms with E-state index in [1.165, 1.54) is 34.9 Å². The third-order valence-corrected chi connectivity index (χ3v) is 6.03. The molecule has 4 heterocycles. The van der Waals surface area contributed by atoms with E-state index in [4.69, 9.17) is 4.98 Å². The maximum absolute atomic E-state index is 4.82. The van der Waals surface area contributed by atoms with Gasteiger partial charge in [0.25, 0.3) is 0 Å². The summed E-state index contributed by atoms with van der Waals surface area (Å²) in [6.07, 6.45) is 5.71. The average molecular weight is 361 g/mol. The largest absolute Gasteiger partial charge is 0.346 e. The number of hydrogen-bond donors (Lipinski definition) is 3. The quantitative estimate of drug-likeness (QED) is 0.665. The standard InChI is InChI=1S/C22H27N5/c1-27-11-8-15-2-3-18(12-17(15)14-27)25-21-5-4-19-20(13-24-22(19)26-21)16-6-9-23-10-7-16/h2-5,12-13,16,23H,6-11,14H2,1H3,(H2,24,25,26). The van der Waals surface area contributed by atoms with E-state index in [0.717, 1.165) is 49.8 Å². The number of piperidine rings is 1. The van der Waals surface area contributed by atoms with Gasteiger partial charge < -0.3 is 20.5 Å². The molecule has 5 rings (SSSR count). The average Bonchev–Trinajstić information content (AvgIpc) is 3.11. The van der Waals surface area contributed by atoms with Crippen molar-refractivity contribution in [2.75, 3.05) is 32.0 Å². The lowest BCUT2D eigenvalue weighted by atomic mass is 9.90. The molecule has 140 valence electrons. The third-order valence-electron chi connectivity index (χ3n) is 6.03. The van der Waals surface area contributed by atoms with E-state index in [1.54, 1.807) is 0 Å². The Morgan fingerprint density at radius 3 is 2.89 bits per heavy atom. The van der Waals surface area contributed by atoms with Crippen molar-refractivity contribution >= 4 is 22.5 Å². The smallest absolute Gasteiger partial charge is 0.140 e. The third kappa shape index (κ3) is 3.33. The molecule has 2 aromatic heterocycles. The zero-order valence-corrected chi connectivity index (χ0v) is 15.9. The summed E-state index contributed by atoms with van der Waals surface area (Å²) < 4.78 is 0. The van der Waals surface area contributed by atoms with Crippen LogP contribution in [0.5, 0.6) is 0 Å². The molecular formula is C22H27N5. The second-order valence-electron chi connectivity index (χ2n) is 7.96. The number of anilines is 2. The lowest BCUT2D eigenvalue weighted by Crippen LogP contribution is -2.26. The second kappa shape index (κ2) is 6.98. The summed E-state index contributed by atoms with van der Waals surface area (Å²) in [5, 5.41) is 8.20. The fourth-order valence-corrected chi connectivity index (χ4v) is 4.49. The molecular weight excluding hydrogens is 334 g/mol. The molecule has 3 aromatic rings. The molecule has 27 heavy (non-hydrogen) atoms.